The monoisotopic (exact) mass is 370 g/mol. The number of nitrogens with two attached hydrogens (primary N) is 1. The lowest BCUT2D eigenvalue weighted by Crippen LogP contribution is -2.25. The Bertz CT molecular complexity index is 608. The van der Waals surface area contributed by atoms with Crippen molar-refractivity contribution < 1.29 is 17.7 Å². The average Bonchev–Trinajstić information content (AvgIpc) is 3.40. The molecule has 3 rings (SSSR count). The topological polar surface area (TPSA) is 102 Å². The minimum atomic E-state index is -3.72. The van der Waals surface area contributed by atoms with Gasteiger partial charge in [0.1, 0.15) is 0 Å². The van der Waals surface area contributed by atoms with Gasteiger partial charge in [-0.25, -0.2) is 5.14 Å². The molecule has 1 atom stereocenters. The van der Waals surface area contributed by atoms with Crippen LogP contribution in [0.1, 0.15) is 68.1 Å². The summed E-state index contributed by atoms with van der Waals surface area (Å²) in [5.41, 5.74) is 2.43. The second kappa shape index (κ2) is 9.64. The van der Waals surface area contributed by atoms with Gasteiger partial charge in [-0.3, -0.25) is 4.18 Å². The summed E-state index contributed by atoms with van der Waals surface area (Å²) in [5.74, 6) is 0.797. The highest BCUT2D eigenvalue weighted by Gasteiger charge is 2.23. The number of rotatable bonds is 6. The first-order valence-electron chi connectivity index (χ1n) is 9.02. The van der Waals surface area contributed by atoms with Crippen molar-refractivity contribution in [3.8, 4) is 0 Å². The zero-order valence-corrected chi connectivity index (χ0v) is 15.7. The Labute approximate surface area is 151 Å². The van der Waals surface area contributed by atoms with Crippen LogP contribution in [-0.4, -0.2) is 33.2 Å². The van der Waals surface area contributed by atoms with Crippen molar-refractivity contribution in [3.05, 3.63) is 35.4 Å². The van der Waals surface area contributed by atoms with Crippen LogP contribution in [0.5, 0.6) is 0 Å². The van der Waals surface area contributed by atoms with Crippen molar-refractivity contribution in [2.75, 3.05) is 13.6 Å². The maximum Gasteiger partial charge on any atom is 0.333 e. The molecule has 2 aliphatic rings. The smallest absolute Gasteiger partial charge is 0.333 e. The molecule has 1 unspecified atom stereocenters. The van der Waals surface area contributed by atoms with Crippen molar-refractivity contribution >= 4 is 10.3 Å². The number of benzene rings is 1. The molecule has 0 saturated heterocycles. The third-order valence-corrected chi connectivity index (χ3v) is 5.13. The van der Waals surface area contributed by atoms with E-state index in [0.29, 0.717) is 6.54 Å². The molecule has 0 aliphatic heterocycles. The van der Waals surface area contributed by atoms with Crippen LogP contribution in [0.15, 0.2) is 24.3 Å². The predicted octanol–water partition coefficient (Wildman–Crippen LogP) is 2.36. The molecular formula is C18H30N2O4S. The van der Waals surface area contributed by atoms with Crippen LogP contribution in [0.4, 0.5) is 0 Å². The summed E-state index contributed by atoms with van der Waals surface area (Å²) in [6.07, 6.45) is 7.00. The Kier molecular flexibility index (Phi) is 7.83. The van der Waals surface area contributed by atoms with Gasteiger partial charge in [-0.15, -0.1) is 0 Å². The maximum absolute atomic E-state index is 10.5. The van der Waals surface area contributed by atoms with E-state index >= 15 is 0 Å². The quantitative estimate of drug-likeness (QED) is 0.713. The molecule has 0 amide bonds. The summed E-state index contributed by atoms with van der Waals surface area (Å²) in [6.45, 7) is 0.614. The zero-order valence-electron chi connectivity index (χ0n) is 14.9. The van der Waals surface area contributed by atoms with Gasteiger partial charge in [0, 0.05) is 6.54 Å². The first-order chi connectivity index (χ1) is 11.9. The van der Waals surface area contributed by atoms with Crippen LogP contribution < -0.4 is 10.5 Å². The van der Waals surface area contributed by atoms with Crippen molar-refractivity contribution in [2.24, 2.45) is 5.14 Å². The van der Waals surface area contributed by atoms with E-state index in [1.807, 2.05) is 19.2 Å². The third kappa shape index (κ3) is 7.83. The standard InChI is InChI=1S/C12H17NO.C6H13NO3S/c1-13-8-12(14)11-6-4-10(5-7-11)9-2-3-9;7-11(8,9)10-6-4-2-1-3-5-6/h4-7,9,12-14H,2-3,8H2,1H3;6H,1-5H2,(H2,7,8,9). The molecule has 7 heteroatoms. The molecule has 0 spiro atoms. The zero-order chi connectivity index (χ0) is 18.3. The highest BCUT2D eigenvalue weighted by Crippen LogP contribution is 2.40. The molecule has 0 bridgehead atoms. The van der Waals surface area contributed by atoms with Crippen LogP contribution >= 0.6 is 0 Å². The van der Waals surface area contributed by atoms with E-state index in [0.717, 1.165) is 37.2 Å². The number of hydrogen-bond acceptors (Lipinski definition) is 5. The molecule has 0 heterocycles. The molecule has 1 aromatic carbocycles. The van der Waals surface area contributed by atoms with Gasteiger partial charge in [0.25, 0.3) is 0 Å². The third-order valence-electron chi connectivity index (χ3n) is 4.59. The van der Waals surface area contributed by atoms with E-state index in [-0.39, 0.29) is 12.2 Å². The van der Waals surface area contributed by atoms with Crippen molar-refractivity contribution in [2.45, 2.75) is 63.1 Å². The van der Waals surface area contributed by atoms with Crippen molar-refractivity contribution in [1.29, 1.82) is 0 Å². The fourth-order valence-corrected chi connectivity index (χ4v) is 3.64. The molecule has 0 aromatic heterocycles. The van der Waals surface area contributed by atoms with Crippen LogP contribution in [-0.2, 0) is 14.5 Å². The lowest BCUT2D eigenvalue weighted by Gasteiger charge is -2.19. The average molecular weight is 371 g/mol. The molecule has 1 aromatic rings. The second-order valence-electron chi connectivity index (χ2n) is 6.86. The van der Waals surface area contributed by atoms with E-state index in [1.165, 1.54) is 24.8 Å². The Hall–Kier alpha value is -0.990. The van der Waals surface area contributed by atoms with Gasteiger partial charge in [0.15, 0.2) is 0 Å². The molecule has 4 N–H and O–H groups in total. The van der Waals surface area contributed by atoms with Gasteiger partial charge in [0.2, 0.25) is 0 Å². The van der Waals surface area contributed by atoms with Crippen molar-refractivity contribution in [3.63, 3.8) is 0 Å². The van der Waals surface area contributed by atoms with E-state index < -0.39 is 10.3 Å². The molecule has 6 nitrogen and oxygen atoms in total. The van der Waals surface area contributed by atoms with Crippen molar-refractivity contribution in [1.82, 2.24) is 5.32 Å². The first-order valence-corrected chi connectivity index (χ1v) is 10.5. The van der Waals surface area contributed by atoms with Crippen LogP contribution in [0.3, 0.4) is 0 Å². The summed E-state index contributed by atoms with van der Waals surface area (Å²) in [6, 6.07) is 8.36. The van der Waals surface area contributed by atoms with E-state index in [2.05, 4.69) is 21.6 Å². The minimum Gasteiger partial charge on any atom is -0.387 e. The summed E-state index contributed by atoms with van der Waals surface area (Å²) >= 11 is 0. The largest absolute Gasteiger partial charge is 0.387 e. The van der Waals surface area contributed by atoms with Gasteiger partial charge in [-0.05, 0) is 49.8 Å². The number of aliphatic hydroxyl groups is 1. The Balaban J connectivity index is 0.000000186. The molecule has 2 fully saturated rings. The Morgan fingerprint density at radius 3 is 2.24 bits per heavy atom. The van der Waals surface area contributed by atoms with Gasteiger partial charge < -0.3 is 10.4 Å². The molecular weight excluding hydrogens is 340 g/mol. The normalized spacial score (nSPS) is 19.8. The van der Waals surface area contributed by atoms with Crippen LogP contribution in [0, 0.1) is 0 Å². The predicted molar refractivity (Wildman–Crippen MR) is 98.4 cm³/mol. The summed E-state index contributed by atoms with van der Waals surface area (Å²) < 4.78 is 25.5. The van der Waals surface area contributed by atoms with Gasteiger partial charge in [-0.1, -0.05) is 43.5 Å². The summed E-state index contributed by atoms with van der Waals surface area (Å²) in [5, 5.41) is 17.4. The van der Waals surface area contributed by atoms with Crippen LogP contribution in [0.2, 0.25) is 0 Å². The van der Waals surface area contributed by atoms with E-state index in [4.69, 9.17) is 5.14 Å². The van der Waals surface area contributed by atoms with Gasteiger partial charge in [-0.2, -0.15) is 8.42 Å². The summed E-state index contributed by atoms with van der Waals surface area (Å²) in [4.78, 5) is 0. The van der Waals surface area contributed by atoms with E-state index in [1.54, 1.807) is 0 Å². The second-order valence-corrected chi connectivity index (χ2v) is 8.04. The minimum absolute atomic E-state index is 0.168. The first kappa shape index (κ1) is 20.3. The van der Waals surface area contributed by atoms with Gasteiger partial charge >= 0.3 is 10.3 Å². The fraction of sp³-hybridized carbons (Fsp3) is 0.667. The molecule has 142 valence electrons. The van der Waals surface area contributed by atoms with Crippen LogP contribution in [0.25, 0.3) is 0 Å². The summed E-state index contributed by atoms with van der Waals surface area (Å²) in [7, 11) is -1.87. The fourth-order valence-electron chi connectivity index (χ4n) is 3.07. The number of aliphatic hydroxyl groups excluding tert-OH is 1. The molecule has 25 heavy (non-hydrogen) atoms. The Morgan fingerprint density at radius 1 is 1.16 bits per heavy atom. The van der Waals surface area contributed by atoms with E-state index in [9.17, 15) is 13.5 Å². The highest BCUT2D eigenvalue weighted by molar-refractivity contribution is 7.84. The lowest BCUT2D eigenvalue weighted by atomic mass is 9.98. The van der Waals surface area contributed by atoms with Gasteiger partial charge in [0.05, 0.1) is 12.2 Å². The Morgan fingerprint density at radius 2 is 1.76 bits per heavy atom. The lowest BCUT2D eigenvalue weighted by molar-refractivity contribution is 0.162. The highest BCUT2D eigenvalue weighted by atomic mass is 32.2. The molecule has 0 radical (unpaired) electrons. The molecule has 2 aliphatic carbocycles. The SMILES string of the molecule is CNCC(O)c1ccc(C2CC2)cc1.NS(=O)(=O)OC1CCCCC1. The number of likely N-dealkylation sites (N-methyl/N-ethyl adjacent to an activating group) is 1. The number of hydrogen-bond donors (Lipinski definition) is 3. The molecule has 2 saturated carbocycles. The number of nitrogens with one attached hydrogen (secondary N) is 1. The maximum atomic E-state index is 10.5.